The molecule has 3 amide bonds. The Morgan fingerprint density at radius 2 is 1.39 bits per heavy atom. The molecule has 0 aromatic heterocycles. The third-order valence-electron chi connectivity index (χ3n) is 6.78. The summed E-state index contributed by atoms with van der Waals surface area (Å²) in [5, 5.41) is 0. The summed E-state index contributed by atoms with van der Waals surface area (Å²) in [4.78, 5) is 36.5. The minimum Gasteiger partial charge on any atom is -0.449 e. The summed E-state index contributed by atoms with van der Waals surface area (Å²) >= 11 is 0. The molecule has 0 saturated carbocycles. The van der Waals surface area contributed by atoms with Crippen LogP contribution in [0.2, 0.25) is 0 Å². The van der Waals surface area contributed by atoms with E-state index in [1.54, 1.807) is 0 Å². The number of unbranched alkanes of at least 4 members (excludes halogenated alkanes) is 2. The van der Waals surface area contributed by atoms with Gasteiger partial charge in [0, 0.05) is 18.8 Å². The van der Waals surface area contributed by atoms with E-state index >= 15 is 0 Å². The normalized spacial score (nSPS) is 15.2. The van der Waals surface area contributed by atoms with Crippen LogP contribution in [0.3, 0.4) is 0 Å². The van der Waals surface area contributed by atoms with Crippen molar-refractivity contribution in [1.82, 2.24) is 4.90 Å². The number of carbonyl (C=O) groups excluding carboxylic acids is 3. The summed E-state index contributed by atoms with van der Waals surface area (Å²) in [6.07, 6.45) is 6.79. The number of aryl methyl sites for hydroxylation is 2. The molecule has 0 atom stereocenters. The summed E-state index contributed by atoms with van der Waals surface area (Å²) in [7, 11) is 0. The Bertz CT molecular complexity index is 984. The highest BCUT2D eigenvalue weighted by Gasteiger charge is 2.36. The van der Waals surface area contributed by atoms with Crippen molar-refractivity contribution in [3.63, 3.8) is 0 Å². The van der Waals surface area contributed by atoms with Gasteiger partial charge in [-0.25, -0.2) is 4.79 Å². The summed E-state index contributed by atoms with van der Waals surface area (Å²) in [6.45, 7) is 4.58. The minimum absolute atomic E-state index is 0.0814. The average molecular weight is 448 g/mol. The van der Waals surface area contributed by atoms with Crippen molar-refractivity contribution < 1.29 is 19.1 Å². The number of carbonyl (C=O) groups is 3. The van der Waals surface area contributed by atoms with E-state index in [1.807, 2.05) is 0 Å². The van der Waals surface area contributed by atoms with Crippen LogP contribution in [0.15, 0.2) is 36.4 Å². The lowest BCUT2D eigenvalue weighted by Crippen LogP contribution is -2.36. The summed E-state index contributed by atoms with van der Waals surface area (Å²) in [6, 6.07) is 13.6. The fraction of sp³-hybridized carbons (Fsp3) is 0.464. The number of rotatable bonds is 9. The molecule has 0 N–H and O–H groups in total. The van der Waals surface area contributed by atoms with E-state index in [0.717, 1.165) is 12.8 Å². The van der Waals surface area contributed by atoms with E-state index in [2.05, 4.69) is 50.2 Å². The highest BCUT2D eigenvalue weighted by molar-refractivity contribution is 6.13. The van der Waals surface area contributed by atoms with Gasteiger partial charge in [-0.05, 0) is 65.5 Å². The molecule has 1 saturated heterocycles. The van der Waals surface area contributed by atoms with Gasteiger partial charge in [-0.2, -0.15) is 4.90 Å². The van der Waals surface area contributed by atoms with Crippen LogP contribution in [-0.4, -0.2) is 29.4 Å². The van der Waals surface area contributed by atoms with Crippen LogP contribution < -0.4 is 0 Å². The predicted octanol–water partition coefficient (Wildman–Crippen LogP) is 6.16. The number of amides is 3. The van der Waals surface area contributed by atoms with Gasteiger partial charge in [-0.3, -0.25) is 9.59 Å². The van der Waals surface area contributed by atoms with E-state index < -0.39 is 17.9 Å². The highest BCUT2D eigenvalue weighted by Crippen LogP contribution is 2.47. The second-order valence-corrected chi connectivity index (χ2v) is 9.13. The first-order valence-electron chi connectivity index (χ1n) is 12.3. The molecule has 2 aliphatic rings. The molecule has 2 aromatic rings. The van der Waals surface area contributed by atoms with Crippen molar-refractivity contribution in [2.75, 3.05) is 6.61 Å². The van der Waals surface area contributed by atoms with E-state index in [4.69, 9.17) is 4.74 Å². The molecule has 1 fully saturated rings. The number of likely N-dealkylation sites (tertiary alicyclic amines) is 1. The minimum atomic E-state index is -0.842. The number of hydrogen-bond donors (Lipinski definition) is 0. The van der Waals surface area contributed by atoms with Gasteiger partial charge in [0.15, 0.2) is 0 Å². The van der Waals surface area contributed by atoms with Gasteiger partial charge in [-0.15, -0.1) is 0 Å². The maximum Gasteiger partial charge on any atom is 0.423 e. The Morgan fingerprint density at radius 3 is 1.88 bits per heavy atom. The number of ether oxygens (including phenoxy) is 1. The fourth-order valence-corrected chi connectivity index (χ4v) is 4.94. The Hall–Kier alpha value is -2.95. The Labute approximate surface area is 196 Å². The van der Waals surface area contributed by atoms with Crippen LogP contribution in [0.5, 0.6) is 0 Å². The Kier molecular flexibility index (Phi) is 7.26. The molecule has 0 radical (unpaired) electrons. The number of fused-ring (bicyclic) bond motifs is 3. The monoisotopic (exact) mass is 447 g/mol. The molecule has 4 rings (SSSR count). The number of imide groups is 3. The van der Waals surface area contributed by atoms with Crippen molar-refractivity contribution in [1.29, 1.82) is 0 Å². The van der Waals surface area contributed by atoms with Gasteiger partial charge < -0.3 is 4.74 Å². The molecule has 1 aliphatic heterocycles. The lowest BCUT2D eigenvalue weighted by atomic mass is 9.92. The maximum absolute atomic E-state index is 12.3. The molecule has 5 heteroatoms. The second-order valence-electron chi connectivity index (χ2n) is 9.13. The average Bonchev–Trinajstić information content (AvgIpc) is 3.32. The fourth-order valence-electron chi connectivity index (χ4n) is 4.94. The molecular weight excluding hydrogens is 414 g/mol. The van der Waals surface area contributed by atoms with Gasteiger partial charge in [-0.1, -0.05) is 63.1 Å². The highest BCUT2D eigenvalue weighted by atomic mass is 16.6. The quantitative estimate of drug-likeness (QED) is 0.432. The van der Waals surface area contributed by atoms with Gasteiger partial charge in [0.05, 0.1) is 6.61 Å². The lowest BCUT2D eigenvalue weighted by Gasteiger charge is -2.16. The molecule has 1 aliphatic carbocycles. The lowest BCUT2D eigenvalue weighted by molar-refractivity contribution is -0.136. The molecule has 0 bridgehead atoms. The summed E-state index contributed by atoms with van der Waals surface area (Å²) in [5.74, 6) is -0.810. The van der Waals surface area contributed by atoms with Crippen LogP contribution >= 0.6 is 0 Å². The molecule has 5 nitrogen and oxygen atoms in total. The molecule has 1 heterocycles. The van der Waals surface area contributed by atoms with Gasteiger partial charge in [0.2, 0.25) is 11.8 Å². The van der Waals surface area contributed by atoms with E-state index in [9.17, 15) is 14.4 Å². The van der Waals surface area contributed by atoms with Crippen LogP contribution in [0.1, 0.15) is 87.0 Å². The first-order valence-corrected chi connectivity index (χ1v) is 12.3. The van der Waals surface area contributed by atoms with Crippen molar-refractivity contribution in [3.05, 3.63) is 58.7 Å². The van der Waals surface area contributed by atoms with E-state index in [0.29, 0.717) is 11.3 Å². The Morgan fingerprint density at radius 1 is 0.879 bits per heavy atom. The van der Waals surface area contributed by atoms with Crippen molar-refractivity contribution in [3.8, 4) is 11.1 Å². The SMILES string of the molecule is CCCCc1ccc2c(c1)-c1cc(CCCC)ccc1C2CCOC(=O)N1C(=O)CCC1=O. The molecule has 0 unspecified atom stereocenters. The molecule has 174 valence electrons. The zero-order chi connectivity index (χ0) is 23.4. The second kappa shape index (κ2) is 10.3. The van der Waals surface area contributed by atoms with E-state index in [-0.39, 0.29) is 25.4 Å². The molecular formula is C28H33NO4. The van der Waals surface area contributed by atoms with Crippen LogP contribution in [0, 0.1) is 0 Å². The van der Waals surface area contributed by atoms with Crippen LogP contribution in [-0.2, 0) is 27.2 Å². The first kappa shape index (κ1) is 23.2. The third-order valence-corrected chi connectivity index (χ3v) is 6.78. The zero-order valence-corrected chi connectivity index (χ0v) is 19.7. The third kappa shape index (κ3) is 4.87. The van der Waals surface area contributed by atoms with Crippen LogP contribution in [0.25, 0.3) is 11.1 Å². The molecule has 2 aromatic carbocycles. The van der Waals surface area contributed by atoms with Crippen molar-refractivity contribution in [2.45, 2.75) is 77.6 Å². The predicted molar refractivity (Wildman–Crippen MR) is 128 cm³/mol. The zero-order valence-electron chi connectivity index (χ0n) is 19.7. The topological polar surface area (TPSA) is 63.7 Å². The number of benzene rings is 2. The van der Waals surface area contributed by atoms with Crippen LogP contribution in [0.4, 0.5) is 4.79 Å². The number of hydrogen-bond acceptors (Lipinski definition) is 4. The summed E-state index contributed by atoms with van der Waals surface area (Å²) < 4.78 is 5.36. The molecule has 0 spiro atoms. The summed E-state index contributed by atoms with van der Waals surface area (Å²) in [5.41, 5.74) is 7.83. The number of nitrogens with zero attached hydrogens (tertiary/aromatic N) is 1. The maximum atomic E-state index is 12.3. The van der Waals surface area contributed by atoms with Gasteiger partial charge >= 0.3 is 6.09 Å². The van der Waals surface area contributed by atoms with E-state index in [1.165, 1.54) is 59.1 Å². The van der Waals surface area contributed by atoms with Gasteiger partial charge in [0.1, 0.15) is 0 Å². The van der Waals surface area contributed by atoms with Gasteiger partial charge in [0.25, 0.3) is 0 Å². The van der Waals surface area contributed by atoms with Crippen molar-refractivity contribution in [2.24, 2.45) is 0 Å². The molecule has 33 heavy (non-hydrogen) atoms. The standard InChI is InChI=1S/C28H33NO4/c1-3-5-7-19-9-11-21-23(15-16-33-28(32)29-26(30)13-14-27(29)31)22-12-10-20(8-6-4-2)18-25(22)24(21)17-19/h9-12,17-18,23H,3-8,13-16H2,1-2H3. The smallest absolute Gasteiger partial charge is 0.423 e. The Balaban J connectivity index is 1.54. The largest absolute Gasteiger partial charge is 0.449 e. The van der Waals surface area contributed by atoms with Crippen molar-refractivity contribution >= 4 is 17.9 Å². The first-order chi connectivity index (χ1) is 16.0.